The maximum absolute atomic E-state index is 15.8. The summed E-state index contributed by atoms with van der Waals surface area (Å²) in [5.74, 6) is -9.23. The highest BCUT2D eigenvalue weighted by Gasteiger charge is 2.44. The minimum absolute atomic E-state index is 0.0385. The maximum atomic E-state index is 15.8. The van der Waals surface area contributed by atoms with Crippen molar-refractivity contribution >= 4 is 29.3 Å². The van der Waals surface area contributed by atoms with Crippen LogP contribution in [0, 0.1) is 11.7 Å². The normalized spacial score (nSPS) is 18.1. The third kappa shape index (κ3) is 9.49. The Labute approximate surface area is 285 Å². The number of methoxy groups -OCH3 is 1. The quantitative estimate of drug-likeness (QED) is 0.285. The standard InChI is InChI=1S/C35H47F3N6O5/c1-5-29(45)40-22(2)30(33(47)44-16-14-43(3)15-17-44)24-12-13-28(27(36)18-24)41-32(46)31(23-10-8-6-7-9-11-23)42-34(48)35(37,38)25-19-26(49-4)21-39-20-25/h12-13,18-23,30-31H,5-11,14-17H2,1-4H3,(H,40,45)(H,41,46)(H,42,48)/t22-,30-,31+/m1/s1. The lowest BCUT2D eigenvalue weighted by molar-refractivity contribution is -0.149. The number of halogens is 3. The number of nitrogens with zero attached hydrogens (tertiary/aromatic N) is 3. The summed E-state index contributed by atoms with van der Waals surface area (Å²) in [4.78, 5) is 60.3. The van der Waals surface area contributed by atoms with Gasteiger partial charge in [-0.2, -0.15) is 8.78 Å². The number of rotatable bonds is 12. The number of amides is 4. The van der Waals surface area contributed by atoms with E-state index in [1.54, 1.807) is 18.7 Å². The third-order valence-corrected chi connectivity index (χ3v) is 9.44. The van der Waals surface area contributed by atoms with Crippen molar-refractivity contribution in [3.63, 3.8) is 0 Å². The number of likely N-dealkylation sites (N-methyl/N-ethyl adjacent to an activating group) is 1. The molecule has 4 amide bonds. The van der Waals surface area contributed by atoms with Crippen LogP contribution in [-0.2, 0) is 25.1 Å². The second kappa shape index (κ2) is 17.0. The Morgan fingerprint density at radius 1 is 1.00 bits per heavy atom. The predicted octanol–water partition coefficient (Wildman–Crippen LogP) is 4.19. The number of piperazine rings is 1. The zero-order valence-electron chi connectivity index (χ0n) is 28.6. The van der Waals surface area contributed by atoms with E-state index in [2.05, 4.69) is 25.8 Å². The molecule has 1 saturated heterocycles. The van der Waals surface area contributed by atoms with Crippen molar-refractivity contribution in [2.45, 2.75) is 82.7 Å². The first-order valence-electron chi connectivity index (χ1n) is 16.9. The van der Waals surface area contributed by atoms with Crippen LogP contribution >= 0.6 is 0 Å². The molecule has 0 radical (unpaired) electrons. The van der Waals surface area contributed by atoms with Gasteiger partial charge in [-0.3, -0.25) is 24.2 Å². The summed E-state index contributed by atoms with van der Waals surface area (Å²) in [5.41, 5.74) is -0.624. The van der Waals surface area contributed by atoms with Crippen molar-refractivity contribution in [1.29, 1.82) is 0 Å². The van der Waals surface area contributed by atoms with Crippen molar-refractivity contribution in [1.82, 2.24) is 25.4 Å². The van der Waals surface area contributed by atoms with Crippen LogP contribution in [0.3, 0.4) is 0 Å². The molecule has 1 aliphatic heterocycles. The minimum atomic E-state index is -4.03. The Morgan fingerprint density at radius 3 is 2.29 bits per heavy atom. The summed E-state index contributed by atoms with van der Waals surface area (Å²) in [5, 5.41) is 7.59. The number of benzene rings is 1. The number of hydrogen-bond acceptors (Lipinski definition) is 7. The van der Waals surface area contributed by atoms with Gasteiger partial charge >= 0.3 is 5.92 Å². The lowest BCUT2D eigenvalue weighted by Crippen LogP contribution is -2.52. The van der Waals surface area contributed by atoms with Crippen LogP contribution in [0.5, 0.6) is 5.75 Å². The van der Waals surface area contributed by atoms with Crippen molar-refractivity contribution < 1.29 is 37.1 Å². The van der Waals surface area contributed by atoms with Crippen LogP contribution in [0.4, 0.5) is 18.9 Å². The molecule has 11 nitrogen and oxygen atoms in total. The zero-order chi connectivity index (χ0) is 35.7. The van der Waals surface area contributed by atoms with E-state index >= 15 is 13.2 Å². The molecular weight excluding hydrogens is 641 g/mol. The van der Waals surface area contributed by atoms with E-state index in [4.69, 9.17) is 4.74 Å². The van der Waals surface area contributed by atoms with Crippen molar-refractivity contribution in [2.75, 3.05) is 45.7 Å². The SMILES string of the molecule is CCC(=O)N[C@H](C)[C@@H](C(=O)N1CCN(C)CC1)c1ccc(NC(=O)[C@@H](NC(=O)C(F)(F)c2cncc(OC)c2)C2CCCCCC2)c(F)c1. The number of nitrogens with one attached hydrogen (secondary N) is 3. The molecule has 1 aliphatic carbocycles. The van der Waals surface area contributed by atoms with Crippen LogP contribution < -0.4 is 20.7 Å². The van der Waals surface area contributed by atoms with Crippen LogP contribution in [0.1, 0.15) is 75.8 Å². The summed E-state index contributed by atoms with van der Waals surface area (Å²) in [6, 6.07) is 2.94. The van der Waals surface area contributed by atoms with Crippen LogP contribution in [0.25, 0.3) is 0 Å². The Hall–Kier alpha value is -4.20. The summed E-state index contributed by atoms with van der Waals surface area (Å²) in [7, 11) is 3.24. The largest absolute Gasteiger partial charge is 0.495 e. The Bertz CT molecular complexity index is 1480. The second-order valence-corrected chi connectivity index (χ2v) is 12.9. The molecule has 2 aliphatic rings. The van der Waals surface area contributed by atoms with Crippen LogP contribution in [0.15, 0.2) is 36.7 Å². The van der Waals surface area contributed by atoms with Crippen LogP contribution in [-0.4, -0.2) is 90.8 Å². The molecule has 49 heavy (non-hydrogen) atoms. The molecule has 0 bridgehead atoms. The number of hydrogen-bond donors (Lipinski definition) is 3. The van der Waals surface area contributed by atoms with Crippen molar-refractivity contribution in [2.24, 2.45) is 5.92 Å². The summed E-state index contributed by atoms with van der Waals surface area (Å²) in [6.07, 6.45) is 6.64. The fourth-order valence-corrected chi connectivity index (χ4v) is 6.45. The monoisotopic (exact) mass is 688 g/mol. The highest BCUT2D eigenvalue weighted by molar-refractivity contribution is 5.98. The summed E-state index contributed by atoms with van der Waals surface area (Å²) in [6.45, 7) is 5.70. The maximum Gasteiger partial charge on any atom is 0.351 e. The molecule has 0 unspecified atom stereocenters. The van der Waals surface area contributed by atoms with E-state index in [0.29, 0.717) is 44.6 Å². The number of alkyl halides is 2. The highest BCUT2D eigenvalue weighted by atomic mass is 19.3. The third-order valence-electron chi connectivity index (χ3n) is 9.44. The molecule has 1 aromatic carbocycles. The Kier molecular flexibility index (Phi) is 13.0. The second-order valence-electron chi connectivity index (χ2n) is 12.9. The van der Waals surface area contributed by atoms with Gasteiger partial charge in [-0.25, -0.2) is 4.39 Å². The molecular formula is C35H47F3N6O5. The molecule has 268 valence electrons. The predicted molar refractivity (Wildman–Crippen MR) is 178 cm³/mol. The molecule has 2 aromatic rings. The van der Waals surface area contributed by atoms with Gasteiger partial charge < -0.3 is 30.5 Å². The number of anilines is 1. The molecule has 0 spiro atoms. The van der Waals surface area contributed by atoms with Crippen molar-refractivity contribution in [3.05, 3.63) is 53.6 Å². The fourth-order valence-electron chi connectivity index (χ4n) is 6.45. The van der Waals surface area contributed by atoms with Gasteiger partial charge in [0, 0.05) is 44.8 Å². The summed E-state index contributed by atoms with van der Waals surface area (Å²) < 4.78 is 51.5. The molecule has 3 atom stereocenters. The topological polar surface area (TPSA) is 133 Å². The summed E-state index contributed by atoms with van der Waals surface area (Å²) >= 11 is 0. The lowest BCUT2D eigenvalue weighted by Gasteiger charge is -2.36. The van der Waals surface area contributed by atoms with Gasteiger partial charge in [0.2, 0.25) is 17.7 Å². The smallest absolute Gasteiger partial charge is 0.351 e. The Balaban J connectivity index is 1.58. The molecule has 2 heterocycles. The van der Waals surface area contributed by atoms with Gasteiger partial charge in [-0.15, -0.1) is 0 Å². The van der Waals surface area contributed by atoms with Gasteiger partial charge in [0.05, 0.1) is 30.5 Å². The van der Waals surface area contributed by atoms with Gasteiger partial charge in [0.15, 0.2) is 0 Å². The first-order chi connectivity index (χ1) is 23.3. The van der Waals surface area contributed by atoms with Gasteiger partial charge in [0.1, 0.15) is 17.6 Å². The highest BCUT2D eigenvalue weighted by Crippen LogP contribution is 2.33. The number of aromatic nitrogens is 1. The molecule has 1 saturated carbocycles. The van der Waals surface area contributed by atoms with Crippen LogP contribution in [0.2, 0.25) is 0 Å². The molecule has 2 fully saturated rings. The van der Waals surface area contributed by atoms with E-state index in [0.717, 1.165) is 44.0 Å². The molecule has 4 rings (SSSR count). The average Bonchev–Trinajstić information content (AvgIpc) is 3.38. The average molecular weight is 689 g/mol. The van der Waals surface area contributed by atoms with E-state index < -0.39 is 53.0 Å². The van der Waals surface area contributed by atoms with Gasteiger partial charge in [0.25, 0.3) is 5.91 Å². The molecule has 1 aromatic heterocycles. The number of ether oxygens (including phenoxy) is 1. The lowest BCUT2D eigenvalue weighted by atomic mass is 9.89. The van der Waals surface area contributed by atoms with E-state index in [1.165, 1.54) is 25.4 Å². The first kappa shape index (κ1) is 37.6. The van der Waals surface area contributed by atoms with Gasteiger partial charge in [-0.1, -0.05) is 38.7 Å². The minimum Gasteiger partial charge on any atom is -0.495 e. The van der Waals surface area contributed by atoms with E-state index in [9.17, 15) is 19.2 Å². The van der Waals surface area contributed by atoms with Gasteiger partial charge in [-0.05, 0) is 56.5 Å². The number of pyridine rings is 1. The Morgan fingerprint density at radius 2 is 1.67 bits per heavy atom. The first-order valence-corrected chi connectivity index (χ1v) is 16.9. The van der Waals surface area contributed by atoms with Crippen molar-refractivity contribution in [3.8, 4) is 5.75 Å². The number of carbonyl (C=O) groups is 4. The van der Waals surface area contributed by atoms with E-state index in [-0.39, 0.29) is 29.7 Å². The zero-order valence-corrected chi connectivity index (χ0v) is 28.6. The number of carbonyl (C=O) groups excluding carboxylic acids is 4. The molecule has 14 heteroatoms. The molecule has 3 N–H and O–H groups in total. The van der Waals surface area contributed by atoms with E-state index in [1.807, 2.05) is 7.05 Å². The fraction of sp³-hybridized carbons (Fsp3) is 0.571.